The predicted octanol–water partition coefficient (Wildman–Crippen LogP) is 5.26. The van der Waals surface area contributed by atoms with Gasteiger partial charge in [0, 0.05) is 18.7 Å². The van der Waals surface area contributed by atoms with Gasteiger partial charge in [-0.1, -0.05) is 83.6 Å². The van der Waals surface area contributed by atoms with E-state index >= 15 is 0 Å². The minimum atomic E-state index is -0.461. The number of carbonyl (C=O) groups is 1. The van der Waals surface area contributed by atoms with E-state index in [0.29, 0.717) is 23.0 Å². The van der Waals surface area contributed by atoms with Gasteiger partial charge in [-0.15, -0.1) is 0 Å². The zero-order chi connectivity index (χ0) is 20.9. The Balaban J connectivity index is 1.84. The number of benzene rings is 3. The van der Waals surface area contributed by atoms with Crippen LogP contribution in [0.5, 0.6) is 0 Å². The highest BCUT2D eigenvalue weighted by Gasteiger charge is 2.22. The molecule has 0 saturated heterocycles. The van der Waals surface area contributed by atoms with Crippen LogP contribution in [0.2, 0.25) is 5.02 Å². The Morgan fingerprint density at radius 3 is 2.27 bits per heavy atom. The van der Waals surface area contributed by atoms with Crippen LogP contribution in [0.15, 0.2) is 83.9 Å². The average molecular weight is 437 g/mol. The zero-order valence-corrected chi connectivity index (χ0v) is 18.1. The monoisotopic (exact) mass is 436 g/mol. The van der Waals surface area contributed by atoms with Crippen molar-refractivity contribution in [3.05, 3.63) is 99.8 Å². The van der Waals surface area contributed by atoms with E-state index in [0.717, 1.165) is 21.3 Å². The van der Waals surface area contributed by atoms with Gasteiger partial charge in [0.1, 0.15) is 0 Å². The van der Waals surface area contributed by atoms with Gasteiger partial charge in [-0.2, -0.15) is 4.99 Å². The second kappa shape index (κ2) is 9.39. The number of hydrogen-bond acceptors (Lipinski definition) is 3. The minimum Gasteiger partial charge on any atom is -0.383 e. The lowest BCUT2D eigenvalue weighted by Gasteiger charge is -2.14. The Morgan fingerprint density at radius 1 is 1.03 bits per heavy atom. The quantitative estimate of drug-likeness (QED) is 0.413. The molecule has 0 N–H and O–H groups in total. The molecule has 0 aliphatic rings. The van der Waals surface area contributed by atoms with Crippen LogP contribution >= 0.6 is 22.9 Å². The van der Waals surface area contributed by atoms with Crippen molar-refractivity contribution in [3.63, 3.8) is 0 Å². The summed E-state index contributed by atoms with van der Waals surface area (Å²) in [5.74, 6) is -0.659. The Bertz CT molecular complexity index is 1180. The molecule has 0 aliphatic heterocycles. The normalized spacial score (nSPS) is 12.0. The molecule has 0 saturated carbocycles. The van der Waals surface area contributed by atoms with Crippen LogP contribution in [0.1, 0.15) is 17.0 Å². The SMILES string of the molecule is COCCn1c(=NC(=O)C(c2ccccc2)c2ccccc2)sc2cc(Cl)ccc21. The first-order valence-electron chi connectivity index (χ1n) is 9.63. The standard InChI is InChI=1S/C24H21ClN2O2S/c1-29-15-14-27-20-13-12-19(25)16-21(20)30-24(27)26-23(28)22(17-8-4-2-5-9-17)18-10-6-3-7-11-18/h2-13,16,22H,14-15H2,1H3. The fourth-order valence-electron chi connectivity index (χ4n) is 3.46. The van der Waals surface area contributed by atoms with E-state index in [1.54, 1.807) is 7.11 Å². The molecule has 1 aromatic heterocycles. The maximum atomic E-state index is 13.5. The molecule has 0 atom stereocenters. The molecule has 30 heavy (non-hydrogen) atoms. The number of ether oxygens (including phenoxy) is 1. The van der Waals surface area contributed by atoms with Crippen molar-refractivity contribution in [1.82, 2.24) is 4.57 Å². The summed E-state index contributed by atoms with van der Waals surface area (Å²) in [6.45, 7) is 1.13. The van der Waals surface area contributed by atoms with Crippen LogP contribution in [0.25, 0.3) is 10.2 Å². The lowest BCUT2D eigenvalue weighted by Crippen LogP contribution is -2.22. The largest absolute Gasteiger partial charge is 0.383 e. The Hall–Kier alpha value is -2.73. The van der Waals surface area contributed by atoms with Crippen LogP contribution in [-0.2, 0) is 16.1 Å². The smallest absolute Gasteiger partial charge is 0.260 e. The number of hydrogen-bond donors (Lipinski definition) is 0. The third-order valence-electron chi connectivity index (χ3n) is 4.88. The number of carbonyl (C=O) groups excluding carboxylic acids is 1. The third kappa shape index (κ3) is 4.38. The lowest BCUT2D eigenvalue weighted by molar-refractivity contribution is -0.118. The molecule has 0 spiro atoms. The van der Waals surface area contributed by atoms with Crippen molar-refractivity contribution >= 4 is 39.1 Å². The number of thiazole rings is 1. The fourth-order valence-corrected chi connectivity index (χ4v) is 4.80. The summed E-state index contributed by atoms with van der Waals surface area (Å²) in [4.78, 5) is 18.7. The van der Waals surface area contributed by atoms with Crippen LogP contribution < -0.4 is 4.80 Å². The molecule has 0 fully saturated rings. The maximum absolute atomic E-state index is 13.5. The number of nitrogens with zero attached hydrogens (tertiary/aromatic N) is 2. The first-order valence-corrected chi connectivity index (χ1v) is 10.8. The first-order chi connectivity index (χ1) is 14.7. The highest BCUT2D eigenvalue weighted by Crippen LogP contribution is 2.26. The van der Waals surface area contributed by atoms with E-state index in [1.807, 2.05) is 83.4 Å². The summed E-state index contributed by atoms with van der Waals surface area (Å²) in [5.41, 5.74) is 2.83. The Morgan fingerprint density at radius 2 is 1.67 bits per heavy atom. The van der Waals surface area contributed by atoms with Gasteiger partial charge in [0.15, 0.2) is 4.80 Å². The maximum Gasteiger partial charge on any atom is 0.260 e. The molecule has 6 heteroatoms. The van der Waals surface area contributed by atoms with Crippen LogP contribution in [0.3, 0.4) is 0 Å². The predicted molar refractivity (Wildman–Crippen MR) is 122 cm³/mol. The molecule has 0 aliphatic carbocycles. The van der Waals surface area contributed by atoms with Crippen LogP contribution in [0.4, 0.5) is 0 Å². The highest BCUT2D eigenvalue weighted by atomic mass is 35.5. The summed E-state index contributed by atoms with van der Waals surface area (Å²) in [5, 5.41) is 0.659. The topological polar surface area (TPSA) is 43.6 Å². The summed E-state index contributed by atoms with van der Waals surface area (Å²) >= 11 is 7.64. The van der Waals surface area contributed by atoms with Gasteiger partial charge < -0.3 is 9.30 Å². The van der Waals surface area contributed by atoms with Crippen LogP contribution in [0, 0.1) is 0 Å². The number of methoxy groups -OCH3 is 1. The first kappa shape index (κ1) is 20.5. The lowest BCUT2D eigenvalue weighted by atomic mass is 9.91. The Kier molecular flexibility index (Phi) is 6.43. The fraction of sp³-hybridized carbons (Fsp3) is 0.167. The van der Waals surface area contributed by atoms with E-state index in [-0.39, 0.29) is 5.91 Å². The zero-order valence-electron chi connectivity index (χ0n) is 16.5. The van der Waals surface area contributed by atoms with Crippen molar-refractivity contribution in [2.45, 2.75) is 12.5 Å². The molecule has 152 valence electrons. The number of halogens is 1. The molecule has 4 aromatic rings. The number of amides is 1. The highest BCUT2D eigenvalue weighted by molar-refractivity contribution is 7.16. The second-order valence-corrected chi connectivity index (χ2v) is 8.29. The second-order valence-electron chi connectivity index (χ2n) is 6.85. The van der Waals surface area contributed by atoms with E-state index < -0.39 is 5.92 Å². The van der Waals surface area contributed by atoms with Crippen LogP contribution in [-0.4, -0.2) is 24.2 Å². The molecule has 0 radical (unpaired) electrons. The van der Waals surface area contributed by atoms with Gasteiger partial charge in [-0.3, -0.25) is 4.79 Å². The van der Waals surface area contributed by atoms with Gasteiger partial charge in [0.25, 0.3) is 5.91 Å². The van der Waals surface area contributed by atoms with Gasteiger partial charge in [0.2, 0.25) is 0 Å². The molecular formula is C24H21ClN2O2S. The van der Waals surface area contributed by atoms with Crippen molar-refractivity contribution in [2.24, 2.45) is 4.99 Å². The average Bonchev–Trinajstić information content (AvgIpc) is 3.09. The van der Waals surface area contributed by atoms with Gasteiger partial charge >= 0.3 is 0 Å². The molecule has 4 rings (SSSR count). The van der Waals surface area contributed by atoms with E-state index in [2.05, 4.69) is 4.99 Å². The number of rotatable bonds is 6. The molecule has 0 unspecified atom stereocenters. The van der Waals surface area contributed by atoms with Crippen molar-refractivity contribution in [3.8, 4) is 0 Å². The van der Waals surface area contributed by atoms with Crippen molar-refractivity contribution < 1.29 is 9.53 Å². The summed E-state index contributed by atoms with van der Waals surface area (Å²) in [6, 6.07) is 25.2. The van der Waals surface area contributed by atoms with Gasteiger partial charge in [-0.25, -0.2) is 0 Å². The van der Waals surface area contributed by atoms with E-state index in [4.69, 9.17) is 16.3 Å². The van der Waals surface area contributed by atoms with E-state index in [1.165, 1.54) is 11.3 Å². The molecule has 1 heterocycles. The third-order valence-corrected chi connectivity index (χ3v) is 6.16. The molecule has 3 aromatic carbocycles. The van der Waals surface area contributed by atoms with Gasteiger partial charge in [-0.05, 0) is 29.3 Å². The van der Waals surface area contributed by atoms with Crippen molar-refractivity contribution in [1.29, 1.82) is 0 Å². The van der Waals surface area contributed by atoms with Crippen molar-refractivity contribution in [2.75, 3.05) is 13.7 Å². The minimum absolute atomic E-state index is 0.198. The van der Waals surface area contributed by atoms with E-state index in [9.17, 15) is 4.79 Å². The molecule has 4 nitrogen and oxygen atoms in total. The van der Waals surface area contributed by atoms with Gasteiger partial charge in [0.05, 0.1) is 22.7 Å². The molecule has 0 bridgehead atoms. The molecule has 1 amide bonds. The summed E-state index contributed by atoms with van der Waals surface area (Å²) < 4.78 is 8.27. The Labute approximate surface area is 184 Å². The number of aromatic nitrogens is 1. The summed E-state index contributed by atoms with van der Waals surface area (Å²) in [6.07, 6.45) is 0. The summed E-state index contributed by atoms with van der Waals surface area (Å²) in [7, 11) is 1.66. The number of fused-ring (bicyclic) bond motifs is 1. The molecular weight excluding hydrogens is 416 g/mol.